The van der Waals surface area contributed by atoms with Crippen LogP contribution in [0.2, 0.25) is 0 Å². The third kappa shape index (κ3) is 22.3. The number of carbonyl (C=O) groups is 1. The molecule has 210 valence electrons. The molecular formula is C30H60O5. The van der Waals surface area contributed by atoms with Crippen LogP contribution in [0.25, 0.3) is 0 Å². The normalized spacial score (nSPS) is 15.7. The molecule has 0 amide bonds. The minimum Gasteiger partial charge on any atom is -0.481 e. The van der Waals surface area contributed by atoms with Gasteiger partial charge in [-0.3, -0.25) is 4.79 Å². The first-order chi connectivity index (χ1) is 16.0. The van der Waals surface area contributed by atoms with Crippen LogP contribution < -0.4 is 0 Å². The molecule has 3 unspecified atom stereocenters. The Morgan fingerprint density at radius 2 is 1.09 bits per heavy atom. The number of hydrogen-bond acceptors (Lipinski definition) is 4. The predicted octanol–water partition coefficient (Wildman–Crippen LogP) is 8.71. The molecule has 3 atom stereocenters. The van der Waals surface area contributed by atoms with Gasteiger partial charge >= 0.3 is 5.97 Å². The average Bonchev–Trinajstić information content (AvgIpc) is 2.65. The highest BCUT2D eigenvalue weighted by molar-refractivity contribution is 5.66. The van der Waals surface area contributed by atoms with Crippen LogP contribution in [0.1, 0.15) is 153 Å². The highest BCUT2D eigenvalue weighted by Crippen LogP contribution is 2.29. The van der Waals surface area contributed by atoms with Crippen molar-refractivity contribution in [2.75, 3.05) is 0 Å². The number of hydrogen-bond donors (Lipinski definition) is 1. The lowest BCUT2D eigenvalue weighted by atomic mass is 9.95. The number of aliphatic carboxylic acids is 1. The van der Waals surface area contributed by atoms with Gasteiger partial charge in [-0.15, -0.1) is 0 Å². The molecule has 0 saturated heterocycles. The van der Waals surface area contributed by atoms with Crippen LogP contribution >= 0.6 is 0 Å². The fraction of sp³-hybridized carbons (Fsp3) is 0.967. The highest BCUT2D eigenvalue weighted by atomic mass is 16.6. The molecule has 5 nitrogen and oxygen atoms in total. The molecule has 0 rings (SSSR count). The number of rotatable bonds is 19. The molecule has 0 aliphatic carbocycles. The van der Waals surface area contributed by atoms with Gasteiger partial charge in [-0.25, -0.2) is 0 Å². The van der Waals surface area contributed by atoms with E-state index in [0.29, 0.717) is 0 Å². The lowest BCUT2D eigenvalue weighted by Crippen LogP contribution is -2.44. The van der Waals surface area contributed by atoms with E-state index in [1.807, 2.05) is 0 Å². The van der Waals surface area contributed by atoms with Gasteiger partial charge in [0.1, 0.15) is 0 Å². The van der Waals surface area contributed by atoms with Crippen molar-refractivity contribution < 1.29 is 24.1 Å². The summed E-state index contributed by atoms with van der Waals surface area (Å²) in [5.74, 6) is -0.701. The van der Waals surface area contributed by atoms with Crippen molar-refractivity contribution >= 4 is 5.97 Å². The fourth-order valence-corrected chi connectivity index (χ4v) is 4.44. The molecule has 0 aliphatic rings. The van der Waals surface area contributed by atoms with Crippen molar-refractivity contribution in [3.63, 3.8) is 0 Å². The van der Waals surface area contributed by atoms with Crippen molar-refractivity contribution in [2.24, 2.45) is 0 Å². The Kier molecular flexibility index (Phi) is 16.7. The topological polar surface area (TPSA) is 65.0 Å². The number of unbranched alkanes of at least 4 members (excludes halogenated alkanes) is 7. The van der Waals surface area contributed by atoms with Crippen LogP contribution in [0, 0.1) is 0 Å². The van der Waals surface area contributed by atoms with Gasteiger partial charge in [0.05, 0.1) is 35.1 Å². The number of carboxylic acid groups (broad SMARTS) is 1. The van der Waals surface area contributed by atoms with Gasteiger partial charge in [-0.1, -0.05) is 58.3 Å². The second kappa shape index (κ2) is 17.0. The first-order valence-corrected chi connectivity index (χ1v) is 14.3. The summed E-state index contributed by atoms with van der Waals surface area (Å²) in [5, 5.41) is 8.83. The fourth-order valence-electron chi connectivity index (χ4n) is 4.44. The van der Waals surface area contributed by atoms with Crippen LogP contribution in [0.15, 0.2) is 0 Å². The van der Waals surface area contributed by atoms with Gasteiger partial charge in [0.2, 0.25) is 0 Å². The van der Waals surface area contributed by atoms with Gasteiger partial charge in [-0.05, 0) is 81.6 Å². The summed E-state index contributed by atoms with van der Waals surface area (Å²) in [6.45, 7) is 21.4. The Morgan fingerprint density at radius 1 is 0.629 bits per heavy atom. The van der Waals surface area contributed by atoms with E-state index in [1.54, 1.807) is 0 Å². The van der Waals surface area contributed by atoms with E-state index in [4.69, 9.17) is 19.3 Å². The van der Waals surface area contributed by atoms with Gasteiger partial charge in [0.25, 0.3) is 0 Å². The maximum absolute atomic E-state index is 10.7. The summed E-state index contributed by atoms with van der Waals surface area (Å²) in [6, 6.07) is 0. The van der Waals surface area contributed by atoms with E-state index in [-0.39, 0.29) is 41.5 Å². The SMILES string of the molecule is CCCCCCC(CC(OC(C)(C)C)C(CCCCCCCC(=O)O)OC(C)(C)C)OC(C)(C)C. The van der Waals surface area contributed by atoms with Crippen molar-refractivity contribution in [1.29, 1.82) is 0 Å². The zero-order valence-corrected chi connectivity index (χ0v) is 25.0. The molecule has 0 fully saturated rings. The van der Waals surface area contributed by atoms with Gasteiger partial charge in [0.15, 0.2) is 0 Å². The third-order valence-electron chi connectivity index (χ3n) is 5.70. The highest BCUT2D eigenvalue weighted by Gasteiger charge is 2.34. The molecule has 0 aromatic heterocycles. The summed E-state index contributed by atoms with van der Waals surface area (Å²) in [6.07, 6.45) is 13.0. The summed E-state index contributed by atoms with van der Waals surface area (Å²) in [4.78, 5) is 10.7. The molecule has 35 heavy (non-hydrogen) atoms. The van der Waals surface area contributed by atoms with Crippen LogP contribution in [0.5, 0.6) is 0 Å². The van der Waals surface area contributed by atoms with Crippen molar-refractivity contribution in [2.45, 2.75) is 188 Å². The van der Waals surface area contributed by atoms with Crippen LogP contribution in [0.3, 0.4) is 0 Å². The molecule has 5 heteroatoms. The first kappa shape index (κ1) is 34.4. The smallest absolute Gasteiger partial charge is 0.303 e. The van der Waals surface area contributed by atoms with Crippen molar-refractivity contribution in [3.05, 3.63) is 0 Å². The Bertz CT molecular complexity index is 538. The second-order valence-corrected chi connectivity index (χ2v) is 13.2. The van der Waals surface area contributed by atoms with E-state index in [9.17, 15) is 4.79 Å². The molecular weight excluding hydrogens is 440 g/mol. The van der Waals surface area contributed by atoms with Crippen LogP contribution in [-0.4, -0.2) is 46.2 Å². The Balaban J connectivity index is 5.39. The largest absolute Gasteiger partial charge is 0.481 e. The number of carboxylic acids is 1. The van der Waals surface area contributed by atoms with Gasteiger partial charge in [0, 0.05) is 12.8 Å². The zero-order chi connectivity index (χ0) is 27.1. The van der Waals surface area contributed by atoms with E-state index in [0.717, 1.165) is 51.4 Å². The standard InChI is InChI=1S/C30H60O5/c1-11-12-13-17-20-24(33-28(2,3)4)23-26(35-30(8,9)10)25(34-29(5,6)7)21-18-15-14-16-19-22-27(31)32/h24-26H,11-23H2,1-10H3,(H,31,32). The molecule has 0 aromatic rings. The monoisotopic (exact) mass is 500 g/mol. The van der Waals surface area contributed by atoms with E-state index in [2.05, 4.69) is 69.2 Å². The summed E-state index contributed by atoms with van der Waals surface area (Å²) in [5.41, 5.74) is -0.722. The summed E-state index contributed by atoms with van der Waals surface area (Å²) in [7, 11) is 0. The average molecular weight is 501 g/mol. The minimum absolute atomic E-state index is 0.00467. The van der Waals surface area contributed by atoms with E-state index in [1.165, 1.54) is 25.7 Å². The first-order valence-electron chi connectivity index (χ1n) is 14.3. The summed E-state index contributed by atoms with van der Waals surface area (Å²) >= 11 is 0. The van der Waals surface area contributed by atoms with E-state index >= 15 is 0 Å². The molecule has 0 aromatic carbocycles. The van der Waals surface area contributed by atoms with Crippen LogP contribution in [-0.2, 0) is 19.0 Å². The predicted molar refractivity (Wildman–Crippen MR) is 147 cm³/mol. The molecule has 0 bridgehead atoms. The second-order valence-electron chi connectivity index (χ2n) is 13.2. The molecule has 0 heterocycles. The maximum Gasteiger partial charge on any atom is 0.303 e. The van der Waals surface area contributed by atoms with Gasteiger partial charge in [-0.2, -0.15) is 0 Å². The lowest BCUT2D eigenvalue weighted by Gasteiger charge is -2.39. The Hall–Kier alpha value is -0.650. The van der Waals surface area contributed by atoms with Crippen LogP contribution in [0.4, 0.5) is 0 Å². The Morgan fingerprint density at radius 3 is 1.60 bits per heavy atom. The molecule has 0 radical (unpaired) electrons. The molecule has 0 saturated carbocycles. The van der Waals surface area contributed by atoms with Gasteiger partial charge < -0.3 is 19.3 Å². The van der Waals surface area contributed by atoms with E-state index < -0.39 is 5.97 Å². The zero-order valence-electron chi connectivity index (χ0n) is 25.0. The quantitative estimate of drug-likeness (QED) is 0.180. The maximum atomic E-state index is 10.7. The number of ether oxygens (including phenoxy) is 3. The minimum atomic E-state index is -0.701. The molecule has 0 spiro atoms. The summed E-state index contributed by atoms with van der Waals surface area (Å²) < 4.78 is 19.8. The third-order valence-corrected chi connectivity index (χ3v) is 5.70. The van der Waals surface area contributed by atoms with Crippen molar-refractivity contribution in [1.82, 2.24) is 0 Å². The molecule has 1 N–H and O–H groups in total. The lowest BCUT2D eigenvalue weighted by molar-refractivity contribution is -0.183. The Labute approximate surface area is 218 Å². The van der Waals surface area contributed by atoms with Crippen molar-refractivity contribution in [3.8, 4) is 0 Å². The molecule has 0 aliphatic heterocycles.